The van der Waals surface area contributed by atoms with Crippen LogP contribution in [0.2, 0.25) is 0 Å². The molecule has 1 fully saturated rings. The maximum atomic E-state index is 9.34. The first-order valence-electron chi connectivity index (χ1n) is 6.90. The number of rotatable bonds is 3. The topological polar surface area (TPSA) is 43.2 Å². The van der Waals surface area contributed by atoms with Crippen LogP contribution in [0.1, 0.15) is 30.3 Å². The lowest BCUT2D eigenvalue weighted by Crippen LogP contribution is -2.34. The average molecular weight is 258 g/mol. The highest BCUT2D eigenvalue weighted by Crippen LogP contribution is 2.27. The highest BCUT2D eigenvalue weighted by molar-refractivity contribution is 5.62. The van der Waals surface area contributed by atoms with E-state index < -0.39 is 0 Å². The first-order chi connectivity index (χ1) is 9.06. The number of nitrogens with zero attached hydrogens (tertiary/aromatic N) is 4. The van der Waals surface area contributed by atoms with Gasteiger partial charge in [0.15, 0.2) is 0 Å². The minimum atomic E-state index is 0.588. The zero-order chi connectivity index (χ0) is 14.0. The van der Waals surface area contributed by atoms with Crippen molar-refractivity contribution in [3.05, 3.63) is 23.0 Å². The molecule has 1 aliphatic rings. The number of aryl methyl sites for hydroxylation is 2. The van der Waals surface area contributed by atoms with E-state index in [0.717, 1.165) is 48.7 Å². The second-order valence-electron chi connectivity index (χ2n) is 5.32. The number of likely N-dealkylation sites (N-methyl/N-ethyl adjacent to an activating group) is 1. The molecule has 19 heavy (non-hydrogen) atoms. The third-order valence-electron chi connectivity index (χ3n) is 4.05. The molecule has 1 aliphatic heterocycles. The van der Waals surface area contributed by atoms with Crippen LogP contribution in [0.25, 0.3) is 0 Å². The third-order valence-corrected chi connectivity index (χ3v) is 4.05. The molecule has 0 N–H and O–H groups in total. The van der Waals surface area contributed by atoms with E-state index in [2.05, 4.69) is 34.8 Å². The molecule has 1 aromatic rings. The van der Waals surface area contributed by atoms with Crippen LogP contribution in [0.15, 0.2) is 6.07 Å². The van der Waals surface area contributed by atoms with Gasteiger partial charge in [-0.05, 0) is 39.9 Å². The summed E-state index contributed by atoms with van der Waals surface area (Å²) in [5.41, 5.74) is 3.61. The lowest BCUT2D eigenvalue weighted by atomic mass is 10.1. The molecule has 0 spiro atoms. The summed E-state index contributed by atoms with van der Waals surface area (Å²) in [6, 6.07) is 4.94. The first kappa shape index (κ1) is 13.8. The molecule has 0 amide bonds. The molecule has 102 valence electrons. The van der Waals surface area contributed by atoms with Crippen molar-refractivity contribution >= 4 is 5.69 Å². The summed E-state index contributed by atoms with van der Waals surface area (Å²) in [5, 5.41) is 9.34. The largest absolute Gasteiger partial charge is 0.369 e. The summed E-state index contributed by atoms with van der Waals surface area (Å²) in [4.78, 5) is 9.10. The predicted molar refractivity (Wildman–Crippen MR) is 77.3 cm³/mol. The lowest BCUT2D eigenvalue weighted by Gasteiger charge is -2.25. The number of nitriles is 1. The SMILES string of the molecule is CCN(C)[C@H]1CCN(c2cc(C)nc(C)c2C#N)C1. The second-order valence-corrected chi connectivity index (χ2v) is 5.32. The average Bonchev–Trinajstić information content (AvgIpc) is 2.86. The van der Waals surface area contributed by atoms with Crippen molar-refractivity contribution < 1.29 is 0 Å². The van der Waals surface area contributed by atoms with E-state index >= 15 is 0 Å². The van der Waals surface area contributed by atoms with Gasteiger partial charge >= 0.3 is 0 Å². The molecular weight excluding hydrogens is 236 g/mol. The number of hydrogen-bond donors (Lipinski definition) is 0. The zero-order valence-corrected chi connectivity index (χ0v) is 12.3. The van der Waals surface area contributed by atoms with Gasteiger partial charge in [-0.1, -0.05) is 6.92 Å². The van der Waals surface area contributed by atoms with Gasteiger partial charge in [-0.25, -0.2) is 0 Å². The monoisotopic (exact) mass is 258 g/mol. The van der Waals surface area contributed by atoms with E-state index in [1.54, 1.807) is 0 Å². The molecule has 2 heterocycles. The molecule has 0 bridgehead atoms. The fourth-order valence-corrected chi connectivity index (χ4v) is 2.77. The smallest absolute Gasteiger partial charge is 0.103 e. The molecule has 0 aliphatic carbocycles. The Morgan fingerprint density at radius 3 is 2.89 bits per heavy atom. The Morgan fingerprint density at radius 1 is 1.53 bits per heavy atom. The Bertz CT molecular complexity index is 504. The Morgan fingerprint density at radius 2 is 2.26 bits per heavy atom. The van der Waals surface area contributed by atoms with Gasteiger partial charge in [-0.15, -0.1) is 0 Å². The predicted octanol–water partition coefficient (Wildman–Crippen LogP) is 2.10. The normalized spacial score (nSPS) is 18.9. The van der Waals surface area contributed by atoms with Crippen LogP contribution >= 0.6 is 0 Å². The van der Waals surface area contributed by atoms with Crippen LogP contribution in [0.3, 0.4) is 0 Å². The zero-order valence-electron chi connectivity index (χ0n) is 12.3. The van der Waals surface area contributed by atoms with E-state index in [0.29, 0.717) is 6.04 Å². The van der Waals surface area contributed by atoms with Crippen molar-refractivity contribution in [3.8, 4) is 6.07 Å². The van der Waals surface area contributed by atoms with Crippen LogP contribution in [-0.2, 0) is 0 Å². The highest BCUT2D eigenvalue weighted by atomic mass is 15.2. The number of pyridine rings is 1. The second kappa shape index (κ2) is 5.58. The van der Waals surface area contributed by atoms with E-state index in [1.165, 1.54) is 0 Å². The van der Waals surface area contributed by atoms with Gasteiger partial charge in [-0.3, -0.25) is 4.98 Å². The van der Waals surface area contributed by atoms with Crippen molar-refractivity contribution in [3.63, 3.8) is 0 Å². The van der Waals surface area contributed by atoms with Crippen molar-refractivity contribution in [2.75, 3.05) is 31.6 Å². The molecule has 1 aromatic heterocycles. The van der Waals surface area contributed by atoms with Crippen LogP contribution in [-0.4, -0.2) is 42.6 Å². The number of anilines is 1. The van der Waals surface area contributed by atoms with Gasteiger partial charge in [0.05, 0.1) is 16.9 Å². The number of hydrogen-bond acceptors (Lipinski definition) is 4. The molecule has 0 unspecified atom stereocenters. The van der Waals surface area contributed by atoms with Crippen molar-refractivity contribution in [2.24, 2.45) is 0 Å². The molecular formula is C15H22N4. The fraction of sp³-hybridized carbons (Fsp3) is 0.600. The summed E-state index contributed by atoms with van der Waals surface area (Å²) < 4.78 is 0. The van der Waals surface area contributed by atoms with E-state index in [9.17, 15) is 5.26 Å². The molecule has 0 saturated carbocycles. The van der Waals surface area contributed by atoms with Gasteiger partial charge < -0.3 is 9.80 Å². The van der Waals surface area contributed by atoms with Gasteiger partial charge in [0, 0.05) is 24.8 Å². The maximum Gasteiger partial charge on any atom is 0.103 e. The van der Waals surface area contributed by atoms with Gasteiger partial charge in [0.1, 0.15) is 6.07 Å². The molecule has 4 nitrogen and oxygen atoms in total. The van der Waals surface area contributed by atoms with E-state index in [1.807, 2.05) is 19.9 Å². The molecule has 0 radical (unpaired) electrons. The molecule has 1 saturated heterocycles. The Balaban J connectivity index is 2.27. The summed E-state index contributed by atoms with van der Waals surface area (Å²) in [6.45, 7) is 9.18. The Kier molecular flexibility index (Phi) is 4.06. The summed E-state index contributed by atoms with van der Waals surface area (Å²) in [5.74, 6) is 0. The van der Waals surface area contributed by atoms with Crippen molar-refractivity contribution in [1.82, 2.24) is 9.88 Å². The van der Waals surface area contributed by atoms with Crippen molar-refractivity contribution in [2.45, 2.75) is 33.2 Å². The standard InChI is InChI=1S/C15H22N4/c1-5-18(4)13-6-7-19(10-13)15-8-11(2)17-12(3)14(15)9-16/h8,13H,5-7,10H2,1-4H3/t13-/m0/s1. The number of aromatic nitrogens is 1. The van der Waals surface area contributed by atoms with Gasteiger partial charge in [-0.2, -0.15) is 5.26 Å². The minimum Gasteiger partial charge on any atom is -0.369 e. The lowest BCUT2D eigenvalue weighted by molar-refractivity contribution is 0.272. The summed E-state index contributed by atoms with van der Waals surface area (Å²) >= 11 is 0. The third kappa shape index (κ3) is 2.71. The van der Waals surface area contributed by atoms with Crippen LogP contribution in [0.4, 0.5) is 5.69 Å². The molecule has 1 atom stereocenters. The first-order valence-corrected chi connectivity index (χ1v) is 6.90. The molecule has 0 aromatic carbocycles. The van der Waals surface area contributed by atoms with E-state index in [4.69, 9.17) is 0 Å². The molecule has 2 rings (SSSR count). The maximum absolute atomic E-state index is 9.34. The Labute approximate surface area is 115 Å². The Hall–Kier alpha value is -1.60. The van der Waals surface area contributed by atoms with Gasteiger partial charge in [0.2, 0.25) is 0 Å². The van der Waals surface area contributed by atoms with E-state index in [-0.39, 0.29) is 0 Å². The van der Waals surface area contributed by atoms with Crippen LogP contribution < -0.4 is 4.90 Å². The fourth-order valence-electron chi connectivity index (χ4n) is 2.77. The van der Waals surface area contributed by atoms with Crippen molar-refractivity contribution in [1.29, 1.82) is 5.26 Å². The van der Waals surface area contributed by atoms with Gasteiger partial charge in [0.25, 0.3) is 0 Å². The summed E-state index contributed by atoms with van der Waals surface area (Å²) in [6.07, 6.45) is 1.16. The minimum absolute atomic E-state index is 0.588. The quantitative estimate of drug-likeness (QED) is 0.832. The molecule has 4 heteroatoms. The van der Waals surface area contributed by atoms with Crippen LogP contribution in [0.5, 0.6) is 0 Å². The highest BCUT2D eigenvalue weighted by Gasteiger charge is 2.27. The summed E-state index contributed by atoms with van der Waals surface area (Å²) in [7, 11) is 2.17. The van der Waals surface area contributed by atoms with Crippen LogP contribution in [0, 0.1) is 25.2 Å².